The Hall–Kier alpha value is -0.150. The molecule has 4 N–H and O–H groups in total. The molecule has 1 saturated heterocycles. The molecule has 5 aliphatic carbocycles. The van der Waals surface area contributed by atoms with E-state index in [-0.39, 0.29) is 35.2 Å². The van der Waals surface area contributed by atoms with Crippen LogP contribution in [0.1, 0.15) is 106 Å². The molecule has 7 nitrogen and oxygen atoms in total. The fourth-order valence-corrected chi connectivity index (χ4v) is 12.9. The highest BCUT2D eigenvalue weighted by Gasteiger charge is 2.86. The van der Waals surface area contributed by atoms with Gasteiger partial charge >= 0.3 is 7.82 Å². The minimum Gasteiger partial charge on any atom is -0.393 e. The van der Waals surface area contributed by atoms with Gasteiger partial charge in [-0.1, -0.05) is 27.7 Å². The van der Waals surface area contributed by atoms with Gasteiger partial charge in [-0.2, -0.15) is 0 Å². The Labute approximate surface area is 237 Å². The van der Waals surface area contributed by atoms with E-state index in [0.717, 1.165) is 25.7 Å². The van der Waals surface area contributed by atoms with Gasteiger partial charge in [0.15, 0.2) is 0 Å². The van der Waals surface area contributed by atoms with Crippen molar-refractivity contribution in [2.75, 3.05) is 0 Å². The molecule has 11 atom stereocenters. The molecule has 1 heterocycles. The number of rotatable bonds is 4. The largest absolute Gasteiger partial charge is 0.469 e. The zero-order valence-electron chi connectivity index (χ0n) is 25.0. The summed E-state index contributed by atoms with van der Waals surface area (Å²) in [6, 6.07) is 0. The average molecular weight is 591 g/mol. The predicted octanol–water partition coefficient (Wildman–Crippen LogP) is 5.83. The number of phosphoric acid groups is 1. The van der Waals surface area contributed by atoms with E-state index in [4.69, 9.17) is 9.26 Å². The molecule has 6 fully saturated rings. The Kier molecular flexibility index (Phi) is 6.06. The molecule has 2 spiro atoms. The van der Waals surface area contributed by atoms with Crippen molar-refractivity contribution in [2.45, 2.75) is 142 Å². The van der Waals surface area contributed by atoms with E-state index in [1.807, 2.05) is 0 Å². The van der Waals surface area contributed by atoms with Gasteiger partial charge in [-0.25, -0.2) is 13.3 Å². The van der Waals surface area contributed by atoms with E-state index in [1.54, 1.807) is 27.7 Å². The summed E-state index contributed by atoms with van der Waals surface area (Å²) in [5.41, 5.74) is -4.48. The van der Waals surface area contributed by atoms with E-state index in [1.165, 1.54) is 0 Å². The van der Waals surface area contributed by atoms with Crippen molar-refractivity contribution < 1.29 is 42.6 Å². The van der Waals surface area contributed by atoms with Crippen molar-refractivity contribution >= 4 is 7.82 Å². The molecule has 40 heavy (non-hydrogen) atoms. The van der Waals surface area contributed by atoms with Gasteiger partial charge in [-0.3, -0.25) is 4.52 Å². The van der Waals surface area contributed by atoms with Crippen molar-refractivity contribution in [3.05, 3.63) is 0 Å². The molecule has 6 aliphatic rings. The number of aliphatic hydroxyl groups is 2. The summed E-state index contributed by atoms with van der Waals surface area (Å²) in [5, 5.41) is 22.5. The number of ether oxygens (including phenoxy) is 1. The Bertz CT molecular complexity index is 1140. The van der Waals surface area contributed by atoms with Gasteiger partial charge in [-0.05, 0) is 99.7 Å². The lowest BCUT2D eigenvalue weighted by Gasteiger charge is -2.65. The second-order valence-corrected chi connectivity index (χ2v) is 17.7. The third-order valence-corrected chi connectivity index (χ3v) is 14.7. The van der Waals surface area contributed by atoms with Crippen LogP contribution in [0.15, 0.2) is 0 Å². The van der Waals surface area contributed by atoms with E-state index in [2.05, 4.69) is 20.8 Å². The molecule has 6 rings (SSSR count). The second-order valence-electron chi connectivity index (χ2n) is 16.5. The van der Waals surface area contributed by atoms with Crippen LogP contribution in [0.3, 0.4) is 0 Å². The molecule has 5 saturated carbocycles. The normalized spacial score (nSPS) is 54.7. The minimum atomic E-state index is -4.94. The zero-order chi connectivity index (χ0) is 29.7. The Morgan fingerprint density at radius 2 is 1.55 bits per heavy atom. The van der Waals surface area contributed by atoms with Crippen molar-refractivity contribution in [3.63, 3.8) is 0 Å². The van der Waals surface area contributed by atoms with Crippen LogP contribution in [0.2, 0.25) is 0 Å². The van der Waals surface area contributed by atoms with Crippen LogP contribution in [0.25, 0.3) is 0 Å². The average Bonchev–Trinajstić information content (AvgIpc) is 3.14. The summed E-state index contributed by atoms with van der Waals surface area (Å²) in [7, 11) is -4.94. The summed E-state index contributed by atoms with van der Waals surface area (Å²) in [5.74, 6) is -3.83. The molecule has 0 aromatic carbocycles. The molecule has 0 bridgehead atoms. The van der Waals surface area contributed by atoms with Gasteiger partial charge in [0.1, 0.15) is 0 Å². The van der Waals surface area contributed by atoms with Crippen LogP contribution in [-0.2, 0) is 13.8 Å². The first-order valence-electron chi connectivity index (χ1n) is 15.2. The smallest absolute Gasteiger partial charge is 0.393 e. The summed E-state index contributed by atoms with van der Waals surface area (Å²) >= 11 is 0. The molecule has 0 amide bonds. The number of hydrogen-bond donors (Lipinski definition) is 4. The molecule has 0 unspecified atom stereocenters. The third kappa shape index (κ3) is 3.58. The van der Waals surface area contributed by atoms with Crippen LogP contribution >= 0.6 is 7.82 Å². The van der Waals surface area contributed by atoms with Crippen LogP contribution in [-0.4, -0.2) is 55.4 Å². The summed E-state index contributed by atoms with van der Waals surface area (Å²) in [6.07, 6.45) is 2.85. The lowest BCUT2D eigenvalue weighted by molar-refractivity contribution is -0.245. The number of phosphoric ester groups is 1. The fraction of sp³-hybridized carbons (Fsp3) is 1.00. The van der Waals surface area contributed by atoms with Gasteiger partial charge in [-0.15, -0.1) is 0 Å². The third-order valence-electron chi connectivity index (χ3n) is 14.1. The molecule has 1 aliphatic heterocycles. The summed E-state index contributed by atoms with van der Waals surface area (Å²) in [6.45, 7) is 13.2. The maximum absolute atomic E-state index is 15.4. The van der Waals surface area contributed by atoms with Gasteiger partial charge in [0.05, 0.1) is 29.5 Å². The highest BCUT2D eigenvalue weighted by atomic mass is 31.2. The second kappa shape index (κ2) is 8.11. The number of fused-ring (bicyclic) bond motifs is 2. The van der Waals surface area contributed by atoms with Crippen molar-refractivity contribution in [3.8, 4) is 0 Å². The number of aliphatic hydroxyl groups excluding tert-OH is 1. The Morgan fingerprint density at radius 3 is 2.12 bits per heavy atom. The standard InChI is InChI=1S/C30H49F2O7P/c1-23(2)22-18(39-40(35,36)37)14-19-26(6)15-17(33)21(27(7)9-8-20(38-27)24(3,4)34)25(26,5)10-11-28(19)16-29(22,28)12-13-30(23,31)32/h17-22,33-34H,8-16H2,1-7H3,(H2,35,36,37)/t17-,18-,19-,20-,21-,22-,25+,26-,27-,28-,29+/m0/s1. The first kappa shape index (κ1) is 29.9. The monoisotopic (exact) mass is 590 g/mol. The first-order chi connectivity index (χ1) is 18.0. The van der Waals surface area contributed by atoms with Gasteiger partial charge in [0.25, 0.3) is 5.92 Å². The van der Waals surface area contributed by atoms with Crippen LogP contribution in [0.5, 0.6) is 0 Å². The van der Waals surface area contributed by atoms with Gasteiger partial charge in [0.2, 0.25) is 0 Å². The molecule has 0 radical (unpaired) electrons. The highest BCUT2D eigenvalue weighted by Crippen LogP contribution is 2.90. The van der Waals surface area contributed by atoms with E-state index < -0.39 is 59.3 Å². The molecule has 0 aromatic rings. The van der Waals surface area contributed by atoms with Gasteiger partial charge < -0.3 is 24.7 Å². The Morgan fingerprint density at radius 1 is 0.925 bits per heavy atom. The molecular formula is C30H49F2O7P. The van der Waals surface area contributed by atoms with Crippen molar-refractivity contribution in [1.29, 1.82) is 0 Å². The SMILES string of the molecule is CC(C)(O)[C@@H]1CC[C@@](C)([C@H]2[C@@H](O)C[C@@]3(C)[C@@H]4C[C@H](OP(=O)(O)O)[C@H]5C(C)(C)C(F)(F)CC[C@@]56C[C@@]46CC[C@]23C)O1. The minimum absolute atomic E-state index is 0.0243. The van der Waals surface area contributed by atoms with Crippen molar-refractivity contribution in [2.24, 2.45) is 44.8 Å². The topological polar surface area (TPSA) is 116 Å². The highest BCUT2D eigenvalue weighted by molar-refractivity contribution is 7.46. The number of halogens is 2. The van der Waals surface area contributed by atoms with Gasteiger partial charge in [0, 0.05) is 23.7 Å². The first-order valence-corrected chi connectivity index (χ1v) is 16.7. The summed E-state index contributed by atoms with van der Waals surface area (Å²) < 4.78 is 55.2. The lowest BCUT2D eigenvalue weighted by Crippen LogP contribution is -2.63. The van der Waals surface area contributed by atoms with E-state index >= 15 is 8.78 Å². The maximum Gasteiger partial charge on any atom is 0.469 e. The maximum atomic E-state index is 15.4. The van der Waals surface area contributed by atoms with Crippen LogP contribution < -0.4 is 0 Å². The van der Waals surface area contributed by atoms with Crippen LogP contribution in [0.4, 0.5) is 8.78 Å². The fourth-order valence-electron chi connectivity index (χ4n) is 12.3. The predicted molar refractivity (Wildman–Crippen MR) is 144 cm³/mol. The number of alkyl halides is 2. The van der Waals surface area contributed by atoms with Crippen LogP contribution in [0, 0.1) is 44.8 Å². The molecule has 10 heteroatoms. The quantitative estimate of drug-likeness (QED) is 0.305. The van der Waals surface area contributed by atoms with E-state index in [9.17, 15) is 24.6 Å². The van der Waals surface area contributed by atoms with E-state index in [0.29, 0.717) is 25.7 Å². The number of hydrogen-bond acceptors (Lipinski definition) is 5. The summed E-state index contributed by atoms with van der Waals surface area (Å²) in [4.78, 5) is 19.9. The lowest BCUT2D eigenvalue weighted by atomic mass is 9.41. The molecule has 230 valence electrons. The zero-order valence-corrected chi connectivity index (χ0v) is 25.9. The molecule has 0 aromatic heterocycles. The Balaban J connectivity index is 1.41. The van der Waals surface area contributed by atoms with Crippen molar-refractivity contribution in [1.82, 2.24) is 0 Å². The molecular weight excluding hydrogens is 541 g/mol.